The molecule has 2 N–H and O–H groups in total. The van der Waals surface area contributed by atoms with Gasteiger partial charge in [0, 0.05) is 20.1 Å². The lowest BCUT2D eigenvalue weighted by molar-refractivity contribution is 0.142. The highest BCUT2D eigenvalue weighted by molar-refractivity contribution is 9.13. The summed E-state index contributed by atoms with van der Waals surface area (Å²) in [4.78, 5) is 10.4. The first kappa shape index (κ1) is 12.3. The average Bonchev–Trinajstić information content (AvgIpc) is 2.18. The van der Waals surface area contributed by atoms with Crippen LogP contribution in [0.3, 0.4) is 0 Å². The lowest BCUT2D eigenvalue weighted by Gasteiger charge is -2.13. The van der Waals surface area contributed by atoms with Crippen LogP contribution < -0.4 is 4.74 Å². The number of phenolic OH excluding ortho intramolecular Hbond substituents is 1. The van der Waals surface area contributed by atoms with Crippen LogP contribution in [0.2, 0.25) is 0 Å². The molecule has 0 aliphatic rings. The molecule has 1 aromatic carbocycles. The van der Waals surface area contributed by atoms with Gasteiger partial charge >= 0.3 is 6.16 Å². The molecule has 0 unspecified atom stereocenters. The number of phenols is 1. The fourth-order valence-corrected chi connectivity index (χ4v) is 2.06. The van der Waals surface area contributed by atoms with Crippen molar-refractivity contribution in [3.05, 3.63) is 20.1 Å². The van der Waals surface area contributed by atoms with E-state index in [-0.39, 0.29) is 11.5 Å². The second-order valence-electron chi connectivity index (χ2n) is 2.92. The molecule has 0 bridgehead atoms. The van der Waals surface area contributed by atoms with Crippen molar-refractivity contribution >= 4 is 38.0 Å². The molecule has 15 heavy (non-hydrogen) atoms. The van der Waals surface area contributed by atoms with Crippen LogP contribution in [-0.2, 0) is 0 Å². The Morgan fingerprint density at radius 2 is 1.67 bits per heavy atom. The van der Waals surface area contributed by atoms with Crippen LogP contribution in [0.4, 0.5) is 4.79 Å². The van der Waals surface area contributed by atoms with Gasteiger partial charge in [0.15, 0.2) is 11.5 Å². The highest BCUT2D eigenvalue weighted by Gasteiger charge is 2.19. The molecule has 0 atom stereocenters. The third-order valence-corrected chi connectivity index (χ3v) is 4.47. The quantitative estimate of drug-likeness (QED) is 0.606. The largest absolute Gasteiger partial charge is 0.511 e. The number of hydrogen-bond donors (Lipinski definition) is 2. The molecule has 82 valence electrons. The molecule has 0 heterocycles. The molecule has 0 spiro atoms. The first-order valence-corrected chi connectivity index (χ1v) is 5.52. The highest BCUT2D eigenvalue weighted by atomic mass is 79.9. The van der Waals surface area contributed by atoms with Gasteiger partial charge in [0.2, 0.25) is 0 Å². The van der Waals surface area contributed by atoms with E-state index in [1.54, 1.807) is 13.8 Å². The van der Waals surface area contributed by atoms with Crippen molar-refractivity contribution in [1.29, 1.82) is 0 Å². The summed E-state index contributed by atoms with van der Waals surface area (Å²) < 4.78 is 5.85. The van der Waals surface area contributed by atoms with Crippen molar-refractivity contribution in [2.45, 2.75) is 13.8 Å². The minimum absolute atomic E-state index is 0.0462. The second kappa shape index (κ2) is 4.40. The third kappa shape index (κ3) is 2.26. The molecule has 1 aromatic rings. The number of aromatic hydroxyl groups is 1. The minimum atomic E-state index is -1.46. The Hall–Kier alpha value is -0.750. The molecule has 0 aliphatic carbocycles. The SMILES string of the molecule is Cc1c(O)c(OC(=O)O)c(C)c(Br)c1Br. The minimum Gasteiger partial charge on any atom is -0.504 e. The Morgan fingerprint density at radius 3 is 2.13 bits per heavy atom. The molecule has 6 heteroatoms. The van der Waals surface area contributed by atoms with Crippen LogP contribution >= 0.6 is 31.9 Å². The van der Waals surface area contributed by atoms with E-state index in [9.17, 15) is 9.90 Å². The van der Waals surface area contributed by atoms with E-state index in [2.05, 4.69) is 36.6 Å². The van der Waals surface area contributed by atoms with Crippen LogP contribution in [0.5, 0.6) is 11.5 Å². The van der Waals surface area contributed by atoms with Crippen molar-refractivity contribution in [2.75, 3.05) is 0 Å². The van der Waals surface area contributed by atoms with Gasteiger partial charge in [0.25, 0.3) is 0 Å². The number of benzene rings is 1. The van der Waals surface area contributed by atoms with Gasteiger partial charge in [-0.1, -0.05) is 0 Å². The molecular formula is C9H8Br2O4. The van der Waals surface area contributed by atoms with Crippen molar-refractivity contribution in [2.24, 2.45) is 0 Å². The van der Waals surface area contributed by atoms with Gasteiger partial charge in [-0.2, -0.15) is 0 Å². The smallest absolute Gasteiger partial charge is 0.504 e. The summed E-state index contributed by atoms with van der Waals surface area (Å²) >= 11 is 6.55. The van der Waals surface area contributed by atoms with E-state index in [0.717, 1.165) is 0 Å². The molecule has 1 rings (SSSR count). The number of hydrogen-bond acceptors (Lipinski definition) is 3. The zero-order chi connectivity index (χ0) is 11.7. The first-order valence-electron chi connectivity index (χ1n) is 3.94. The first-order chi connectivity index (χ1) is 6.86. The molecule has 0 saturated heterocycles. The molecule has 0 amide bonds. The van der Waals surface area contributed by atoms with Crippen LogP contribution in [0.15, 0.2) is 8.95 Å². The van der Waals surface area contributed by atoms with Gasteiger partial charge in [-0.25, -0.2) is 4.79 Å². The van der Waals surface area contributed by atoms with E-state index < -0.39 is 6.16 Å². The van der Waals surface area contributed by atoms with E-state index in [4.69, 9.17) is 5.11 Å². The van der Waals surface area contributed by atoms with Crippen molar-refractivity contribution in [3.63, 3.8) is 0 Å². The maximum atomic E-state index is 10.4. The van der Waals surface area contributed by atoms with Gasteiger partial charge in [-0.15, -0.1) is 0 Å². The van der Waals surface area contributed by atoms with Gasteiger partial charge < -0.3 is 14.9 Å². The Morgan fingerprint density at radius 1 is 1.20 bits per heavy atom. The van der Waals surface area contributed by atoms with Crippen molar-refractivity contribution in [1.82, 2.24) is 0 Å². The second-order valence-corrected chi connectivity index (χ2v) is 4.51. The Labute approximate surface area is 103 Å². The van der Waals surface area contributed by atoms with E-state index in [1.165, 1.54) is 0 Å². The molecule has 0 fully saturated rings. The summed E-state index contributed by atoms with van der Waals surface area (Å²) in [7, 11) is 0. The van der Waals surface area contributed by atoms with Gasteiger partial charge in [0.05, 0.1) is 0 Å². The fraction of sp³-hybridized carbons (Fsp3) is 0.222. The lowest BCUT2D eigenvalue weighted by Crippen LogP contribution is -2.05. The number of rotatable bonds is 1. The van der Waals surface area contributed by atoms with E-state index >= 15 is 0 Å². The van der Waals surface area contributed by atoms with Crippen LogP contribution in [-0.4, -0.2) is 16.4 Å². The monoisotopic (exact) mass is 338 g/mol. The Bertz CT molecular complexity index is 400. The summed E-state index contributed by atoms with van der Waals surface area (Å²) in [5.41, 5.74) is 1.04. The highest BCUT2D eigenvalue weighted by Crippen LogP contribution is 2.43. The van der Waals surface area contributed by atoms with Gasteiger partial charge in [0.1, 0.15) is 0 Å². The third-order valence-electron chi connectivity index (χ3n) is 1.95. The number of carbonyl (C=O) groups is 1. The zero-order valence-electron chi connectivity index (χ0n) is 7.97. The molecule has 4 nitrogen and oxygen atoms in total. The predicted molar refractivity (Wildman–Crippen MR) is 61.6 cm³/mol. The number of ether oxygens (including phenoxy) is 1. The number of halogens is 2. The topological polar surface area (TPSA) is 66.8 Å². The summed E-state index contributed by atoms with van der Waals surface area (Å²) in [5, 5.41) is 18.2. The Balaban J connectivity index is 3.45. The summed E-state index contributed by atoms with van der Waals surface area (Å²) in [5.74, 6) is -0.222. The summed E-state index contributed by atoms with van der Waals surface area (Å²) in [6.45, 7) is 3.30. The molecule has 0 aromatic heterocycles. The maximum Gasteiger partial charge on any atom is 0.511 e. The Kier molecular flexibility index (Phi) is 3.62. The van der Waals surface area contributed by atoms with E-state index in [0.29, 0.717) is 20.1 Å². The van der Waals surface area contributed by atoms with Crippen molar-refractivity contribution in [3.8, 4) is 11.5 Å². The molecular weight excluding hydrogens is 332 g/mol. The lowest BCUT2D eigenvalue weighted by atomic mass is 10.1. The molecule has 0 radical (unpaired) electrons. The summed E-state index contributed by atoms with van der Waals surface area (Å²) in [6, 6.07) is 0. The van der Waals surface area contributed by atoms with E-state index in [1.807, 2.05) is 0 Å². The zero-order valence-corrected chi connectivity index (χ0v) is 11.1. The standard InChI is InChI=1S/C9H8Br2O4/c1-3-5(10)6(11)4(2)8(7(3)12)15-9(13)14/h12H,1-2H3,(H,13,14). The predicted octanol–water partition coefficient (Wildman–Crippen LogP) is 3.59. The van der Waals surface area contributed by atoms with Crippen molar-refractivity contribution < 1.29 is 19.7 Å². The fourth-order valence-electron chi connectivity index (χ4n) is 1.09. The maximum absolute atomic E-state index is 10.4. The summed E-state index contributed by atoms with van der Waals surface area (Å²) in [6.07, 6.45) is -1.46. The molecule has 0 saturated carbocycles. The average molecular weight is 340 g/mol. The molecule has 0 aliphatic heterocycles. The number of carboxylic acid groups (broad SMARTS) is 1. The van der Waals surface area contributed by atoms with Crippen LogP contribution in [0.1, 0.15) is 11.1 Å². The van der Waals surface area contributed by atoms with Gasteiger partial charge in [-0.3, -0.25) is 0 Å². The van der Waals surface area contributed by atoms with Gasteiger partial charge in [-0.05, 0) is 45.7 Å². The normalized spacial score (nSPS) is 10.1. The van der Waals surface area contributed by atoms with Crippen LogP contribution in [0, 0.1) is 13.8 Å². The van der Waals surface area contributed by atoms with Crippen LogP contribution in [0.25, 0.3) is 0 Å².